The number of carbonyl (C=O) groups is 1. The molecule has 1 aliphatic heterocycles. The van der Waals surface area contributed by atoms with Crippen molar-refractivity contribution >= 4 is 34.5 Å². The Balaban J connectivity index is 1.46. The largest absolute Gasteiger partial charge is 0.368 e. The van der Waals surface area contributed by atoms with Gasteiger partial charge in [-0.2, -0.15) is 0 Å². The molecular weight excluding hydrogens is 378 g/mol. The van der Waals surface area contributed by atoms with E-state index in [-0.39, 0.29) is 5.91 Å². The Bertz CT molecular complexity index is 950. The summed E-state index contributed by atoms with van der Waals surface area (Å²) in [4.78, 5) is 22.6. The summed E-state index contributed by atoms with van der Waals surface area (Å²) in [7, 11) is 0. The maximum Gasteiger partial charge on any atom is 0.254 e. The molecule has 0 bridgehead atoms. The van der Waals surface area contributed by atoms with Crippen molar-refractivity contribution in [3.8, 4) is 10.6 Å². The van der Waals surface area contributed by atoms with Gasteiger partial charge >= 0.3 is 0 Å². The standard InChI is InChI=1S/C21H20ClN3OS/c1-15-4-5-17(22)14-19(15)24-8-10-25(11-9-24)21(26)16-6-7-23-18(13-16)20-3-2-12-27-20/h2-7,12-14H,8-11H2,1H3. The van der Waals surface area contributed by atoms with Crippen molar-refractivity contribution in [2.24, 2.45) is 0 Å². The number of thiophene rings is 1. The number of aryl methyl sites for hydroxylation is 1. The Kier molecular flexibility index (Phi) is 5.14. The normalized spacial score (nSPS) is 14.4. The number of amides is 1. The third-order valence-corrected chi connectivity index (χ3v) is 5.99. The number of benzene rings is 1. The number of nitrogens with zero attached hydrogens (tertiary/aromatic N) is 3. The minimum atomic E-state index is 0.0673. The molecule has 138 valence electrons. The molecule has 2 aromatic heterocycles. The summed E-state index contributed by atoms with van der Waals surface area (Å²) in [6, 6.07) is 13.7. The molecule has 0 aliphatic carbocycles. The van der Waals surface area contributed by atoms with E-state index in [1.807, 2.05) is 46.7 Å². The zero-order chi connectivity index (χ0) is 18.8. The number of halogens is 1. The van der Waals surface area contributed by atoms with E-state index >= 15 is 0 Å². The predicted molar refractivity (Wildman–Crippen MR) is 112 cm³/mol. The van der Waals surface area contributed by atoms with Crippen molar-refractivity contribution in [3.63, 3.8) is 0 Å². The van der Waals surface area contributed by atoms with Crippen LogP contribution in [0, 0.1) is 6.92 Å². The van der Waals surface area contributed by atoms with Gasteiger partial charge in [0.1, 0.15) is 0 Å². The first kappa shape index (κ1) is 18.0. The number of rotatable bonds is 3. The summed E-state index contributed by atoms with van der Waals surface area (Å²) in [6.07, 6.45) is 1.72. The highest BCUT2D eigenvalue weighted by Gasteiger charge is 2.23. The van der Waals surface area contributed by atoms with Crippen LogP contribution in [0.2, 0.25) is 5.02 Å². The van der Waals surface area contributed by atoms with E-state index in [4.69, 9.17) is 11.6 Å². The molecular formula is C21H20ClN3OS. The summed E-state index contributed by atoms with van der Waals surface area (Å²) < 4.78 is 0. The van der Waals surface area contributed by atoms with Crippen LogP contribution < -0.4 is 4.90 Å². The Morgan fingerprint density at radius 3 is 2.67 bits per heavy atom. The number of aromatic nitrogens is 1. The molecule has 1 aliphatic rings. The van der Waals surface area contributed by atoms with Gasteiger partial charge in [0.15, 0.2) is 0 Å². The average molecular weight is 398 g/mol. The highest BCUT2D eigenvalue weighted by Crippen LogP contribution is 2.26. The smallest absolute Gasteiger partial charge is 0.254 e. The number of hydrogen-bond acceptors (Lipinski definition) is 4. The number of hydrogen-bond donors (Lipinski definition) is 0. The number of piperazine rings is 1. The molecule has 1 amide bonds. The van der Waals surface area contributed by atoms with Crippen LogP contribution in [0.1, 0.15) is 15.9 Å². The minimum absolute atomic E-state index is 0.0673. The first-order valence-corrected chi connectivity index (χ1v) is 10.2. The van der Waals surface area contributed by atoms with E-state index in [1.165, 1.54) is 5.56 Å². The first-order chi connectivity index (χ1) is 13.1. The van der Waals surface area contributed by atoms with Gasteiger partial charge in [-0.25, -0.2) is 0 Å². The fourth-order valence-corrected chi connectivity index (χ4v) is 4.24. The monoisotopic (exact) mass is 397 g/mol. The van der Waals surface area contributed by atoms with Crippen molar-refractivity contribution in [1.29, 1.82) is 0 Å². The van der Waals surface area contributed by atoms with Crippen LogP contribution in [0.3, 0.4) is 0 Å². The second kappa shape index (κ2) is 7.71. The molecule has 0 N–H and O–H groups in total. The molecule has 0 saturated carbocycles. The summed E-state index contributed by atoms with van der Waals surface area (Å²) in [6.45, 7) is 5.08. The van der Waals surface area contributed by atoms with Gasteiger partial charge in [-0.3, -0.25) is 9.78 Å². The maximum atomic E-state index is 12.9. The molecule has 3 aromatic rings. The Labute approximate surface area is 168 Å². The SMILES string of the molecule is Cc1ccc(Cl)cc1N1CCN(C(=O)c2ccnc(-c3cccs3)c2)CC1. The maximum absolute atomic E-state index is 12.9. The molecule has 0 spiro atoms. The summed E-state index contributed by atoms with van der Waals surface area (Å²) in [5.41, 5.74) is 3.90. The molecule has 4 nitrogen and oxygen atoms in total. The van der Waals surface area contributed by atoms with Crippen molar-refractivity contribution in [2.45, 2.75) is 6.92 Å². The van der Waals surface area contributed by atoms with Crippen LogP contribution in [-0.4, -0.2) is 42.0 Å². The van der Waals surface area contributed by atoms with Gasteiger partial charge in [-0.05, 0) is 48.2 Å². The fourth-order valence-electron chi connectivity index (χ4n) is 3.38. The third-order valence-electron chi connectivity index (χ3n) is 4.86. The van der Waals surface area contributed by atoms with Gasteiger partial charge in [-0.1, -0.05) is 23.7 Å². The molecule has 1 aromatic carbocycles. The van der Waals surface area contributed by atoms with E-state index in [2.05, 4.69) is 16.8 Å². The zero-order valence-electron chi connectivity index (χ0n) is 15.1. The van der Waals surface area contributed by atoms with E-state index in [9.17, 15) is 4.79 Å². The van der Waals surface area contributed by atoms with Gasteiger partial charge in [-0.15, -0.1) is 11.3 Å². The topological polar surface area (TPSA) is 36.4 Å². The molecule has 0 unspecified atom stereocenters. The quantitative estimate of drug-likeness (QED) is 0.640. The third kappa shape index (κ3) is 3.84. The first-order valence-electron chi connectivity index (χ1n) is 8.92. The second-order valence-electron chi connectivity index (χ2n) is 6.62. The van der Waals surface area contributed by atoms with Crippen LogP contribution in [0.15, 0.2) is 54.0 Å². The lowest BCUT2D eigenvalue weighted by atomic mass is 10.1. The molecule has 27 heavy (non-hydrogen) atoms. The van der Waals surface area contributed by atoms with Crippen molar-refractivity contribution in [3.05, 3.63) is 70.2 Å². The van der Waals surface area contributed by atoms with Crippen LogP contribution >= 0.6 is 22.9 Å². The van der Waals surface area contributed by atoms with E-state index in [0.717, 1.165) is 34.4 Å². The lowest BCUT2D eigenvalue weighted by Gasteiger charge is -2.37. The number of pyridine rings is 1. The molecule has 0 atom stereocenters. The Morgan fingerprint density at radius 2 is 1.93 bits per heavy atom. The van der Waals surface area contributed by atoms with Crippen LogP contribution in [0.25, 0.3) is 10.6 Å². The van der Waals surface area contributed by atoms with Crippen molar-refractivity contribution in [2.75, 3.05) is 31.1 Å². The van der Waals surface area contributed by atoms with Gasteiger partial charge in [0, 0.05) is 48.6 Å². The van der Waals surface area contributed by atoms with Crippen LogP contribution in [0.5, 0.6) is 0 Å². The zero-order valence-corrected chi connectivity index (χ0v) is 16.6. The van der Waals surface area contributed by atoms with E-state index < -0.39 is 0 Å². The summed E-state index contributed by atoms with van der Waals surface area (Å²) in [5, 5.41) is 2.76. The lowest BCUT2D eigenvalue weighted by Crippen LogP contribution is -2.49. The van der Waals surface area contributed by atoms with Gasteiger partial charge in [0.2, 0.25) is 0 Å². The van der Waals surface area contributed by atoms with Gasteiger partial charge < -0.3 is 9.80 Å². The number of carbonyl (C=O) groups excluding carboxylic acids is 1. The highest BCUT2D eigenvalue weighted by atomic mass is 35.5. The summed E-state index contributed by atoms with van der Waals surface area (Å²) >= 11 is 7.78. The second-order valence-corrected chi connectivity index (χ2v) is 8.00. The Morgan fingerprint density at radius 1 is 1.11 bits per heavy atom. The highest BCUT2D eigenvalue weighted by molar-refractivity contribution is 7.13. The van der Waals surface area contributed by atoms with E-state index in [0.29, 0.717) is 18.7 Å². The van der Waals surface area contributed by atoms with E-state index in [1.54, 1.807) is 23.6 Å². The van der Waals surface area contributed by atoms with Crippen LogP contribution in [0.4, 0.5) is 5.69 Å². The van der Waals surface area contributed by atoms with Gasteiger partial charge in [0.05, 0.1) is 10.6 Å². The molecule has 1 fully saturated rings. The molecule has 0 radical (unpaired) electrons. The summed E-state index contributed by atoms with van der Waals surface area (Å²) in [5.74, 6) is 0.0673. The Hall–Kier alpha value is -2.37. The number of anilines is 1. The fraction of sp³-hybridized carbons (Fsp3) is 0.238. The minimum Gasteiger partial charge on any atom is -0.368 e. The lowest BCUT2D eigenvalue weighted by molar-refractivity contribution is 0.0746. The average Bonchev–Trinajstić information content (AvgIpc) is 3.24. The van der Waals surface area contributed by atoms with Crippen molar-refractivity contribution in [1.82, 2.24) is 9.88 Å². The van der Waals surface area contributed by atoms with Gasteiger partial charge in [0.25, 0.3) is 5.91 Å². The van der Waals surface area contributed by atoms with Crippen LogP contribution in [-0.2, 0) is 0 Å². The molecule has 6 heteroatoms. The molecule has 3 heterocycles. The molecule has 4 rings (SSSR count). The van der Waals surface area contributed by atoms with Crippen molar-refractivity contribution < 1.29 is 4.79 Å². The molecule has 1 saturated heterocycles. The predicted octanol–water partition coefficient (Wildman–Crippen LogP) is 4.73.